The van der Waals surface area contributed by atoms with Gasteiger partial charge >= 0.3 is 0 Å². The number of carbonyl (C=O) groups excluding carboxylic acids is 1. The molecule has 0 bridgehead atoms. The lowest BCUT2D eigenvalue weighted by molar-refractivity contribution is -0.443. The second-order valence-corrected chi connectivity index (χ2v) is 3.64. The molecule has 1 rings (SSSR count). The molecule has 16 heavy (non-hydrogen) atoms. The first-order chi connectivity index (χ1) is 7.65. The molecule has 0 saturated heterocycles. The maximum Gasteiger partial charge on any atom is 0.150 e. The molecule has 0 fully saturated rings. The molecule has 0 aliphatic heterocycles. The molecule has 0 amide bonds. The first kappa shape index (κ1) is 12.5. The molecule has 0 aliphatic rings. The van der Waals surface area contributed by atoms with E-state index in [1.165, 1.54) is 0 Å². The summed E-state index contributed by atoms with van der Waals surface area (Å²) in [6.45, 7) is 2.78. The van der Waals surface area contributed by atoms with Crippen LogP contribution in [0.4, 0.5) is 0 Å². The Bertz CT molecular complexity index is 335. The predicted molar refractivity (Wildman–Crippen MR) is 57.5 cm³/mol. The van der Waals surface area contributed by atoms with Gasteiger partial charge in [-0.05, 0) is 30.7 Å². The number of carbonyl (C=O) groups is 1. The van der Waals surface area contributed by atoms with E-state index in [9.17, 15) is 9.90 Å². The summed E-state index contributed by atoms with van der Waals surface area (Å²) in [6, 6.07) is 6.09. The predicted octanol–water partition coefficient (Wildman–Crippen LogP) is -0.102. The summed E-state index contributed by atoms with van der Waals surface area (Å²) in [5.41, 5.74) is 4.14. The number of unbranched alkanes of at least 4 members (excludes halogenated alkanes) is 1. The monoisotopic (exact) mass is 223 g/mol. The summed E-state index contributed by atoms with van der Waals surface area (Å²) in [7, 11) is 0. The van der Waals surface area contributed by atoms with Gasteiger partial charge in [0.25, 0.3) is 0 Å². The molecule has 3 N–H and O–H groups in total. The van der Waals surface area contributed by atoms with Gasteiger partial charge in [0.05, 0.1) is 6.61 Å². The van der Waals surface area contributed by atoms with Crippen LogP contribution >= 0.6 is 0 Å². The molecule has 0 unspecified atom stereocenters. The standard InChI is InChI=1S/C12H17NO3/c1-2-3-8-16-10-6-4-9(5-7-10)11(13)12(14)15/h4-7,11H,2-3,8,13H2,1H3,(H,14,15)/t11-/m0/s1. The van der Waals surface area contributed by atoms with Gasteiger partial charge in [-0.15, -0.1) is 0 Å². The zero-order chi connectivity index (χ0) is 12.0. The van der Waals surface area contributed by atoms with Crippen LogP contribution in [0.15, 0.2) is 24.3 Å². The molecule has 88 valence electrons. The van der Waals surface area contributed by atoms with Crippen LogP contribution in [0.1, 0.15) is 31.4 Å². The van der Waals surface area contributed by atoms with E-state index in [2.05, 4.69) is 12.7 Å². The number of hydrogen-bond acceptors (Lipinski definition) is 3. The fourth-order valence-electron chi connectivity index (χ4n) is 1.27. The van der Waals surface area contributed by atoms with Crippen LogP contribution in [-0.2, 0) is 4.79 Å². The molecule has 0 aromatic heterocycles. The molecule has 0 spiro atoms. The minimum absolute atomic E-state index is 0.628. The topological polar surface area (TPSA) is 77.0 Å². The molecule has 0 heterocycles. The summed E-state index contributed by atoms with van der Waals surface area (Å²) in [6.07, 6.45) is 2.10. The van der Waals surface area contributed by atoms with E-state index in [4.69, 9.17) is 4.74 Å². The van der Waals surface area contributed by atoms with Gasteiger partial charge in [0.2, 0.25) is 0 Å². The Hall–Kier alpha value is -1.55. The summed E-state index contributed by atoms with van der Waals surface area (Å²) in [5, 5.41) is 10.6. The average molecular weight is 223 g/mol. The number of carboxylic acids is 1. The molecule has 1 atom stereocenters. The van der Waals surface area contributed by atoms with Gasteiger partial charge in [0.15, 0.2) is 6.04 Å². The highest BCUT2D eigenvalue weighted by Gasteiger charge is 2.09. The molecule has 1 aromatic carbocycles. The summed E-state index contributed by atoms with van der Waals surface area (Å²) < 4.78 is 5.46. The van der Waals surface area contributed by atoms with E-state index >= 15 is 0 Å². The second kappa shape index (κ2) is 6.12. The van der Waals surface area contributed by atoms with Crippen LogP contribution in [0, 0.1) is 0 Å². The van der Waals surface area contributed by atoms with E-state index in [0.29, 0.717) is 12.2 Å². The van der Waals surface area contributed by atoms with Gasteiger partial charge in [-0.1, -0.05) is 13.3 Å². The Labute approximate surface area is 95.0 Å². The Morgan fingerprint density at radius 2 is 2.06 bits per heavy atom. The van der Waals surface area contributed by atoms with E-state index in [0.717, 1.165) is 18.6 Å². The van der Waals surface area contributed by atoms with Crippen molar-refractivity contribution in [2.75, 3.05) is 6.61 Å². The van der Waals surface area contributed by atoms with Crippen molar-refractivity contribution in [1.29, 1.82) is 0 Å². The maximum atomic E-state index is 10.6. The van der Waals surface area contributed by atoms with Crippen molar-refractivity contribution in [3.63, 3.8) is 0 Å². The van der Waals surface area contributed by atoms with Crippen molar-refractivity contribution >= 4 is 5.97 Å². The van der Waals surface area contributed by atoms with Crippen molar-refractivity contribution in [2.45, 2.75) is 25.8 Å². The van der Waals surface area contributed by atoms with E-state index in [1.807, 2.05) is 0 Å². The molecule has 0 radical (unpaired) electrons. The number of quaternary nitrogens is 1. The number of benzene rings is 1. The quantitative estimate of drug-likeness (QED) is 0.684. The highest BCUT2D eigenvalue weighted by molar-refractivity contribution is 5.71. The number of aliphatic carboxylic acids is 1. The smallest absolute Gasteiger partial charge is 0.150 e. The van der Waals surface area contributed by atoms with Crippen molar-refractivity contribution in [3.8, 4) is 5.75 Å². The fraction of sp³-hybridized carbons (Fsp3) is 0.417. The SMILES string of the molecule is CCCCOc1ccc([C@H]([NH3+])C(=O)[O-])cc1. The van der Waals surface area contributed by atoms with Gasteiger partial charge in [-0.3, -0.25) is 0 Å². The summed E-state index contributed by atoms with van der Waals surface area (Å²) in [4.78, 5) is 10.6. The lowest BCUT2D eigenvalue weighted by Crippen LogP contribution is -2.60. The minimum Gasteiger partial charge on any atom is -0.544 e. The number of carboxylic acid groups (broad SMARTS) is 1. The third kappa shape index (κ3) is 3.55. The highest BCUT2D eigenvalue weighted by Crippen LogP contribution is 2.15. The molecule has 0 aliphatic carbocycles. The second-order valence-electron chi connectivity index (χ2n) is 3.64. The molecule has 4 nitrogen and oxygen atoms in total. The van der Waals surface area contributed by atoms with Crippen molar-refractivity contribution < 1.29 is 20.4 Å². The Balaban J connectivity index is 2.57. The molecule has 1 aromatic rings. The van der Waals surface area contributed by atoms with Crippen LogP contribution in [0.3, 0.4) is 0 Å². The summed E-state index contributed by atoms with van der Waals surface area (Å²) >= 11 is 0. The summed E-state index contributed by atoms with van der Waals surface area (Å²) in [5.74, 6) is -0.414. The third-order valence-corrected chi connectivity index (χ3v) is 2.33. The zero-order valence-electron chi connectivity index (χ0n) is 9.44. The molecular formula is C12H17NO3. The van der Waals surface area contributed by atoms with E-state index in [1.54, 1.807) is 24.3 Å². The Morgan fingerprint density at radius 3 is 2.56 bits per heavy atom. The van der Waals surface area contributed by atoms with Crippen molar-refractivity contribution in [1.82, 2.24) is 0 Å². The number of ether oxygens (including phenoxy) is 1. The number of hydrogen-bond donors (Lipinski definition) is 1. The van der Waals surface area contributed by atoms with Gasteiger partial charge in [0.1, 0.15) is 11.7 Å². The van der Waals surface area contributed by atoms with E-state index < -0.39 is 12.0 Å². The van der Waals surface area contributed by atoms with Crippen molar-refractivity contribution in [2.24, 2.45) is 0 Å². The first-order valence-corrected chi connectivity index (χ1v) is 5.42. The van der Waals surface area contributed by atoms with Crippen LogP contribution in [-0.4, -0.2) is 12.6 Å². The Kier molecular flexibility index (Phi) is 4.79. The molecule has 4 heteroatoms. The van der Waals surface area contributed by atoms with E-state index in [-0.39, 0.29) is 0 Å². The lowest BCUT2D eigenvalue weighted by Gasteiger charge is -2.10. The highest BCUT2D eigenvalue weighted by atomic mass is 16.5. The molecular weight excluding hydrogens is 206 g/mol. The van der Waals surface area contributed by atoms with Gasteiger partial charge < -0.3 is 20.4 Å². The van der Waals surface area contributed by atoms with Gasteiger partial charge in [-0.2, -0.15) is 0 Å². The van der Waals surface area contributed by atoms with Gasteiger partial charge in [0, 0.05) is 5.56 Å². The largest absolute Gasteiger partial charge is 0.544 e. The van der Waals surface area contributed by atoms with Crippen molar-refractivity contribution in [3.05, 3.63) is 29.8 Å². The minimum atomic E-state index is -1.17. The van der Waals surface area contributed by atoms with Gasteiger partial charge in [-0.25, -0.2) is 0 Å². The first-order valence-electron chi connectivity index (χ1n) is 5.42. The average Bonchev–Trinajstić information content (AvgIpc) is 2.29. The van der Waals surface area contributed by atoms with Crippen LogP contribution in [0.25, 0.3) is 0 Å². The molecule has 0 saturated carbocycles. The fourth-order valence-corrected chi connectivity index (χ4v) is 1.27. The van der Waals surface area contributed by atoms with Crippen LogP contribution in [0.5, 0.6) is 5.75 Å². The third-order valence-electron chi connectivity index (χ3n) is 2.33. The lowest BCUT2D eigenvalue weighted by atomic mass is 10.1. The maximum absolute atomic E-state index is 10.6. The Morgan fingerprint density at radius 1 is 1.44 bits per heavy atom. The van der Waals surface area contributed by atoms with Crippen LogP contribution in [0.2, 0.25) is 0 Å². The normalized spacial score (nSPS) is 12.1. The zero-order valence-corrected chi connectivity index (χ0v) is 9.44. The number of rotatable bonds is 6. The van der Waals surface area contributed by atoms with Crippen LogP contribution < -0.4 is 15.6 Å².